The molecule has 0 atom stereocenters. The van der Waals surface area contributed by atoms with E-state index in [1.807, 2.05) is 13.0 Å². The largest absolute Gasteiger partial charge is 0.357 e. The van der Waals surface area contributed by atoms with Gasteiger partial charge in [0.25, 0.3) is 0 Å². The minimum Gasteiger partial charge on any atom is -0.357 e. The number of guanidine groups is 1. The number of hydrogen-bond acceptors (Lipinski definition) is 1. The lowest BCUT2D eigenvalue weighted by molar-refractivity contribution is 0.476. The van der Waals surface area contributed by atoms with E-state index in [-0.39, 0.29) is 0 Å². The number of benzene rings is 1. The first-order valence-electron chi connectivity index (χ1n) is 5.91. The summed E-state index contributed by atoms with van der Waals surface area (Å²) in [6.45, 7) is 6.65. The molecule has 0 amide bonds. The fourth-order valence-electron chi connectivity index (χ4n) is 1.58. The van der Waals surface area contributed by atoms with E-state index in [2.05, 4.69) is 63.3 Å². The molecule has 1 aromatic carbocycles. The van der Waals surface area contributed by atoms with Gasteiger partial charge in [0.1, 0.15) is 0 Å². The summed E-state index contributed by atoms with van der Waals surface area (Å²) in [5.41, 5.74) is 1.26. The molecule has 3 nitrogen and oxygen atoms in total. The van der Waals surface area contributed by atoms with E-state index in [1.54, 1.807) is 0 Å². The third kappa shape index (κ3) is 4.38. The van der Waals surface area contributed by atoms with Crippen LogP contribution in [0.25, 0.3) is 0 Å². The van der Waals surface area contributed by atoms with E-state index in [1.165, 1.54) is 5.56 Å². The molecule has 0 bridgehead atoms. The highest BCUT2D eigenvalue weighted by Gasteiger charge is 2.07. The second-order valence-electron chi connectivity index (χ2n) is 3.78. The van der Waals surface area contributed by atoms with Crippen molar-refractivity contribution in [1.29, 1.82) is 0 Å². The van der Waals surface area contributed by atoms with Gasteiger partial charge in [-0.1, -0.05) is 34.1 Å². The molecule has 0 heterocycles. The van der Waals surface area contributed by atoms with Gasteiger partial charge in [0.15, 0.2) is 5.96 Å². The second-order valence-corrected chi connectivity index (χ2v) is 4.63. The number of rotatable bonds is 4. The summed E-state index contributed by atoms with van der Waals surface area (Å²) in [6, 6.07) is 8.26. The van der Waals surface area contributed by atoms with Crippen molar-refractivity contribution in [1.82, 2.24) is 10.2 Å². The van der Waals surface area contributed by atoms with Gasteiger partial charge in [0.2, 0.25) is 0 Å². The predicted octanol–water partition coefficient (Wildman–Crippen LogP) is 2.87. The topological polar surface area (TPSA) is 27.6 Å². The highest BCUT2D eigenvalue weighted by atomic mass is 79.9. The maximum atomic E-state index is 4.46. The predicted molar refractivity (Wildman–Crippen MR) is 77.3 cm³/mol. The van der Waals surface area contributed by atoms with Gasteiger partial charge in [-0.15, -0.1) is 0 Å². The molecule has 17 heavy (non-hydrogen) atoms. The molecule has 1 rings (SSSR count). The molecular weight excluding hydrogens is 278 g/mol. The average Bonchev–Trinajstić information content (AvgIpc) is 2.32. The lowest BCUT2D eigenvalue weighted by Crippen LogP contribution is -2.38. The summed E-state index contributed by atoms with van der Waals surface area (Å²) < 4.78 is 1.14. The summed E-state index contributed by atoms with van der Waals surface area (Å²) in [5, 5.41) is 3.28. The van der Waals surface area contributed by atoms with Crippen molar-refractivity contribution in [2.75, 3.05) is 20.1 Å². The molecule has 0 radical (unpaired) electrons. The summed E-state index contributed by atoms with van der Waals surface area (Å²) in [7, 11) is 2.05. The Balaban J connectivity index is 2.73. The quantitative estimate of drug-likeness (QED) is 0.684. The minimum atomic E-state index is 0.794. The lowest BCUT2D eigenvalue weighted by Gasteiger charge is -2.22. The Bertz CT molecular complexity index is 377. The van der Waals surface area contributed by atoms with Gasteiger partial charge in [0, 0.05) is 31.2 Å². The van der Waals surface area contributed by atoms with Crippen LogP contribution in [0.15, 0.2) is 33.7 Å². The molecule has 0 spiro atoms. The van der Waals surface area contributed by atoms with Crippen LogP contribution in [-0.2, 0) is 6.54 Å². The number of nitrogens with one attached hydrogen (secondary N) is 1. The second kappa shape index (κ2) is 7.33. The highest BCUT2D eigenvalue weighted by molar-refractivity contribution is 9.10. The van der Waals surface area contributed by atoms with E-state index in [9.17, 15) is 0 Å². The first-order chi connectivity index (χ1) is 8.19. The molecule has 0 aromatic heterocycles. The van der Waals surface area contributed by atoms with Crippen LogP contribution in [0.1, 0.15) is 19.4 Å². The van der Waals surface area contributed by atoms with Crippen LogP contribution in [0.2, 0.25) is 0 Å². The maximum Gasteiger partial charge on any atom is 0.193 e. The normalized spacial score (nSPS) is 11.4. The van der Waals surface area contributed by atoms with Crippen molar-refractivity contribution in [3.05, 3.63) is 34.3 Å². The number of nitrogens with zero attached hydrogens (tertiary/aromatic N) is 2. The van der Waals surface area contributed by atoms with Crippen molar-refractivity contribution in [3.8, 4) is 0 Å². The molecule has 0 aliphatic heterocycles. The Hall–Kier alpha value is -1.03. The van der Waals surface area contributed by atoms with Crippen molar-refractivity contribution >= 4 is 21.9 Å². The Labute approximate surface area is 112 Å². The fourth-order valence-corrected chi connectivity index (χ4v) is 1.99. The Morgan fingerprint density at radius 3 is 2.65 bits per heavy atom. The van der Waals surface area contributed by atoms with E-state index in [4.69, 9.17) is 0 Å². The molecule has 4 heteroatoms. The van der Waals surface area contributed by atoms with Gasteiger partial charge in [-0.25, -0.2) is 0 Å². The third-order valence-electron chi connectivity index (χ3n) is 2.37. The van der Waals surface area contributed by atoms with Gasteiger partial charge in [0.05, 0.1) is 0 Å². The van der Waals surface area contributed by atoms with Gasteiger partial charge in [-0.05, 0) is 25.5 Å². The average molecular weight is 298 g/mol. The van der Waals surface area contributed by atoms with Crippen molar-refractivity contribution in [2.45, 2.75) is 20.4 Å². The summed E-state index contributed by atoms with van der Waals surface area (Å²) in [5.74, 6) is 0.950. The SMILES string of the molecule is CCN=C(NCC)N(C)Cc1ccccc1Br. The summed E-state index contributed by atoms with van der Waals surface area (Å²) in [4.78, 5) is 6.59. The number of halogens is 1. The van der Waals surface area contributed by atoms with E-state index < -0.39 is 0 Å². The van der Waals surface area contributed by atoms with Gasteiger partial charge < -0.3 is 10.2 Å². The van der Waals surface area contributed by atoms with Crippen molar-refractivity contribution < 1.29 is 0 Å². The Morgan fingerprint density at radius 1 is 1.35 bits per heavy atom. The van der Waals surface area contributed by atoms with Crippen molar-refractivity contribution in [2.24, 2.45) is 4.99 Å². The van der Waals surface area contributed by atoms with Gasteiger partial charge in [-0.3, -0.25) is 4.99 Å². The first kappa shape index (κ1) is 14.0. The molecule has 1 aromatic rings. The van der Waals surface area contributed by atoms with Crippen LogP contribution in [0.3, 0.4) is 0 Å². The van der Waals surface area contributed by atoms with Crippen LogP contribution in [0, 0.1) is 0 Å². The van der Waals surface area contributed by atoms with Crippen LogP contribution in [-0.4, -0.2) is 31.0 Å². The zero-order valence-corrected chi connectivity index (χ0v) is 12.3. The standard InChI is InChI=1S/C13H20BrN3/c1-4-15-13(16-5-2)17(3)10-11-8-6-7-9-12(11)14/h6-9H,4-5,10H2,1-3H3,(H,15,16). The molecule has 0 saturated heterocycles. The van der Waals surface area contributed by atoms with Crippen LogP contribution in [0.5, 0.6) is 0 Å². The maximum absolute atomic E-state index is 4.46. The molecule has 0 unspecified atom stereocenters. The first-order valence-corrected chi connectivity index (χ1v) is 6.71. The zero-order chi connectivity index (χ0) is 12.7. The van der Waals surface area contributed by atoms with Crippen LogP contribution >= 0.6 is 15.9 Å². The monoisotopic (exact) mass is 297 g/mol. The van der Waals surface area contributed by atoms with E-state index in [0.717, 1.165) is 30.1 Å². The molecule has 0 aliphatic carbocycles. The third-order valence-corrected chi connectivity index (χ3v) is 3.14. The van der Waals surface area contributed by atoms with Crippen molar-refractivity contribution in [3.63, 3.8) is 0 Å². The lowest BCUT2D eigenvalue weighted by atomic mass is 10.2. The summed E-state index contributed by atoms with van der Waals surface area (Å²) >= 11 is 3.56. The van der Waals surface area contributed by atoms with E-state index >= 15 is 0 Å². The Kier molecular flexibility index (Phi) is 6.05. The molecule has 0 saturated carbocycles. The van der Waals surface area contributed by atoms with Crippen LogP contribution < -0.4 is 5.32 Å². The molecule has 0 aliphatic rings. The smallest absolute Gasteiger partial charge is 0.193 e. The Morgan fingerprint density at radius 2 is 2.06 bits per heavy atom. The van der Waals surface area contributed by atoms with Crippen LogP contribution in [0.4, 0.5) is 0 Å². The number of hydrogen-bond donors (Lipinski definition) is 1. The van der Waals surface area contributed by atoms with E-state index in [0.29, 0.717) is 0 Å². The van der Waals surface area contributed by atoms with Gasteiger partial charge >= 0.3 is 0 Å². The molecule has 0 fully saturated rings. The number of aliphatic imine (C=N–C) groups is 1. The summed E-state index contributed by atoms with van der Waals surface area (Å²) in [6.07, 6.45) is 0. The fraction of sp³-hybridized carbons (Fsp3) is 0.462. The molecule has 1 N–H and O–H groups in total. The van der Waals surface area contributed by atoms with Gasteiger partial charge in [-0.2, -0.15) is 0 Å². The molecule has 94 valence electrons. The highest BCUT2D eigenvalue weighted by Crippen LogP contribution is 2.17. The molecular formula is C13H20BrN3. The minimum absolute atomic E-state index is 0.794. The zero-order valence-electron chi connectivity index (χ0n) is 10.7.